The van der Waals surface area contributed by atoms with Gasteiger partial charge < -0.3 is 9.98 Å². The first-order chi connectivity index (χ1) is 11.6. The van der Waals surface area contributed by atoms with E-state index in [4.69, 9.17) is 5.41 Å². The Bertz CT molecular complexity index is 962. The summed E-state index contributed by atoms with van der Waals surface area (Å²) in [6.07, 6.45) is 5.52. The lowest BCUT2D eigenvalue weighted by atomic mass is 10.1. The molecule has 5 nitrogen and oxygen atoms in total. The van der Waals surface area contributed by atoms with Crippen molar-refractivity contribution < 1.29 is 8.42 Å². The van der Waals surface area contributed by atoms with Crippen LogP contribution in [0.5, 0.6) is 0 Å². The van der Waals surface area contributed by atoms with Crippen molar-refractivity contribution in [3.8, 4) is 0 Å². The molecule has 6 heteroatoms. The zero-order valence-corrected chi connectivity index (χ0v) is 14.2. The Morgan fingerprint density at radius 2 is 1.96 bits per heavy atom. The standard InChI is InChI=1S/C18H19N3O2S/c1-2-14(11-19)12-21-13-17(16-9-6-10-20-18(16)21)24(22,23)15-7-4-3-5-8-15/h3-11,13-14,19H,2,12H2,1H3/t14-/m1/s1. The van der Waals surface area contributed by atoms with Gasteiger partial charge in [0.05, 0.1) is 9.79 Å². The predicted molar refractivity (Wildman–Crippen MR) is 94.2 cm³/mol. The van der Waals surface area contributed by atoms with Crippen molar-refractivity contribution in [2.75, 3.05) is 0 Å². The van der Waals surface area contributed by atoms with Crippen LogP contribution in [0, 0.1) is 11.3 Å². The van der Waals surface area contributed by atoms with Gasteiger partial charge in [0.15, 0.2) is 0 Å². The van der Waals surface area contributed by atoms with Crippen LogP contribution in [0.1, 0.15) is 13.3 Å². The number of sulfone groups is 1. The zero-order chi connectivity index (χ0) is 17.2. The molecule has 124 valence electrons. The Morgan fingerprint density at radius 1 is 1.21 bits per heavy atom. The molecule has 0 fully saturated rings. The Kier molecular flexibility index (Phi) is 4.49. The Labute approximate surface area is 141 Å². The fraction of sp³-hybridized carbons (Fsp3) is 0.222. The third-order valence-corrected chi connectivity index (χ3v) is 5.93. The van der Waals surface area contributed by atoms with E-state index in [1.165, 1.54) is 6.21 Å². The maximum absolute atomic E-state index is 13.0. The number of aromatic nitrogens is 2. The summed E-state index contributed by atoms with van der Waals surface area (Å²) in [7, 11) is -3.61. The number of nitrogens with one attached hydrogen (secondary N) is 1. The van der Waals surface area contributed by atoms with Crippen LogP contribution < -0.4 is 0 Å². The molecule has 0 bridgehead atoms. The fourth-order valence-corrected chi connectivity index (χ4v) is 4.21. The summed E-state index contributed by atoms with van der Waals surface area (Å²) in [6, 6.07) is 11.9. The third-order valence-electron chi connectivity index (χ3n) is 4.13. The predicted octanol–water partition coefficient (Wildman–Crippen LogP) is 3.54. The van der Waals surface area contributed by atoms with E-state index in [1.54, 1.807) is 54.9 Å². The minimum atomic E-state index is -3.61. The maximum atomic E-state index is 13.0. The van der Waals surface area contributed by atoms with Crippen LogP contribution in [0.3, 0.4) is 0 Å². The third kappa shape index (κ3) is 2.85. The highest BCUT2D eigenvalue weighted by atomic mass is 32.2. The minimum Gasteiger partial charge on any atom is -0.331 e. The van der Waals surface area contributed by atoms with E-state index < -0.39 is 9.84 Å². The lowest BCUT2D eigenvalue weighted by molar-refractivity contribution is 0.556. The van der Waals surface area contributed by atoms with Crippen molar-refractivity contribution in [3.63, 3.8) is 0 Å². The highest BCUT2D eigenvalue weighted by molar-refractivity contribution is 7.91. The van der Waals surface area contributed by atoms with Gasteiger partial charge in [0.1, 0.15) is 5.65 Å². The maximum Gasteiger partial charge on any atom is 0.208 e. The molecule has 0 radical (unpaired) electrons. The molecule has 1 N–H and O–H groups in total. The first kappa shape index (κ1) is 16.4. The summed E-state index contributed by atoms with van der Waals surface area (Å²) in [5.41, 5.74) is 0.632. The minimum absolute atomic E-state index is 0.0508. The number of fused-ring (bicyclic) bond motifs is 1. The van der Waals surface area contributed by atoms with Crippen LogP contribution >= 0.6 is 0 Å². The van der Waals surface area contributed by atoms with Gasteiger partial charge in [0, 0.05) is 36.5 Å². The monoisotopic (exact) mass is 341 g/mol. The molecule has 0 saturated carbocycles. The molecule has 0 aliphatic rings. The Morgan fingerprint density at radius 3 is 2.62 bits per heavy atom. The van der Waals surface area contributed by atoms with Gasteiger partial charge in [-0.05, 0) is 30.7 Å². The number of hydrogen-bond acceptors (Lipinski definition) is 4. The van der Waals surface area contributed by atoms with Crippen molar-refractivity contribution in [1.29, 1.82) is 5.41 Å². The molecule has 1 aromatic carbocycles. The molecule has 2 aromatic heterocycles. The Balaban J connectivity index is 2.18. The van der Waals surface area contributed by atoms with Gasteiger partial charge >= 0.3 is 0 Å². The smallest absolute Gasteiger partial charge is 0.208 e. The number of hydrogen-bond donors (Lipinski definition) is 1. The Hall–Kier alpha value is -2.47. The van der Waals surface area contributed by atoms with E-state index in [9.17, 15) is 8.42 Å². The molecule has 1 atom stereocenters. The topological polar surface area (TPSA) is 75.8 Å². The van der Waals surface area contributed by atoms with Crippen LogP contribution in [0.15, 0.2) is 64.6 Å². The van der Waals surface area contributed by atoms with Crippen molar-refractivity contribution in [3.05, 3.63) is 54.9 Å². The molecule has 0 amide bonds. The quantitative estimate of drug-likeness (QED) is 0.697. The molecule has 0 aliphatic heterocycles. The molecular weight excluding hydrogens is 322 g/mol. The molecule has 2 heterocycles. The summed E-state index contributed by atoms with van der Waals surface area (Å²) < 4.78 is 27.8. The van der Waals surface area contributed by atoms with Crippen LogP contribution in [0.25, 0.3) is 11.0 Å². The van der Waals surface area contributed by atoms with Crippen LogP contribution in [-0.2, 0) is 16.4 Å². The lowest BCUT2D eigenvalue weighted by Crippen LogP contribution is -2.10. The number of pyridine rings is 1. The summed E-state index contributed by atoms with van der Waals surface area (Å²) in [5, 5.41) is 8.12. The van der Waals surface area contributed by atoms with E-state index in [-0.39, 0.29) is 15.7 Å². The van der Waals surface area contributed by atoms with Gasteiger partial charge in [-0.2, -0.15) is 0 Å². The lowest BCUT2D eigenvalue weighted by Gasteiger charge is -2.10. The van der Waals surface area contributed by atoms with E-state index in [0.717, 1.165) is 6.42 Å². The number of nitrogens with zero attached hydrogens (tertiary/aromatic N) is 2. The molecule has 3 aromatic rings. The van der Waals surface area contributed by atoms with Crippen LogP contribution in [0.4, 0.5) is 0 Å². The van der Waals surface area contributed by atoms with Gasteiger partial charge in [0.2, 0.25) is 9.84 Å². The van der Waals surface area contributed by atoms with E-state index in [2.05, 4.69) is 4.98 Å². The van der Waals surface area contributed by atoms with E-state index >= 15 is 0 Å². The largest absolute Gasteiger partial charge is 0.331 e. The number of rotatable bonds is 6. The van der Waals surface area contributed by atoms with Crippen LogP contribution in [0.2, 0.25) is 0 Å². The molecule has 0 aliphatic carbocycles. The van der Waals surface area contributed by atoms with E-state index in [0.29, 0.717) is 17.6 Å². The molecule has 24 heavy (non-hydrogen) atoms. The second-order valence-corrected chi connectivity index (χ2v) is 7.59. The first-order valence-electron chi connectivity index (χ1n) is 7.82. The first-order valence-corrected chi connectivity index (χ1v) is 9.30. The zero-order valence-electron chi connectivity index (χ0n) is 13.4. The molecule has 0 unspecified atom stereocenters. The summed E-state index contributed by atoms with van der Waals surface area (Å²) >= 11 is 0. The fourth-order valence-electron chi connectivity index (χ4n) is 2.72. The molecular formula is C18H19N3O2S. The average Bonchev–Trinajstić information content (AvgIpc) is 3.00. The summed E-state index contributed by atoms with van der Waals surface area (Å²) in [4.78, 5) is 4.89. The second kappa shape index (κ2) is 6.57. The van der Waals surface area contributed by atoms with Gasteiger partial charge in [-0.25, -0.2) is 13.4 Å². The molecule has 0 saturated heterocycles. The SMILES string of the molecule is CC[C@H](C=N)Cn1cc(S(=O)(=O)c2ccccc2)c2cccnc21. The highest BCUT2D eigenvalue weighted by Crippen LogP contribution is 2.29. The second-order valence-electron chi connectivity index (χ2n) is 5.67. The summed E-state index contributed by atoms with van der Waals surface area (Å²) in [5.74, 6) is 0.0508. The normalized spacial score (nSPS) is 13.0. The van der Waals surface area contributed by atoms with Crippen molar-refractivity contribution in [1.82, 2.24) is 9.55 Å². The van der Waals surface area contributed by atoms with Crippen molar-refractivity contribution in [2.24, 2.45) is 5.92 Å². The van der Waals surface area contributed by atoms with Gasteiger partial charge in [-0.15, -0.1) is 0 Å². The molecule has 0 spiro atoms. The average molecular weight is 341 g/mol. The van der Waals surface area contributed by atoms with Gasteiger partial charge in [-0.1, -0.05) is 25.1 Å². The summed E-state index contributed by atoms with van der Waals surface area (Å²) in [6.45, 7) is 2.55. The van der Waals surface area contributed by atoms with Crippen molar-refractivity contribution >= 4 is 27.1 Å². The highest BCUT2D eigenvalue weighted by Gasteiger charge is 2.24. The van der Waals surface area contributed by atoms with Crippen LogP contribution in [-0.4, -0.2) is 24.2 Å². The van der Waals surface area contributed by atoms with Crippen molar-refractivity contribution in [2.45, 2.75) is 29.7 Å². The van der Waals surface area contributed by atoms with Gasteiger partial charge in [-0.3, -0.25) is 0 Å². The number of benzene rings is 1. The van der Waals surface area contributed by atoms with Gasteiger partial charge in [0.25, 0.3) is 0 Å². The molecule has 3 rings (SSSR count). The van der Waals surface area contributed by atoms with E-state index in [1.807, 2.05) is 11.5 Å².